The fraction of sp³-hybridized carbons (Fsp3) is 0.324. The minimum Gasteiger partial charge on any atom is -0.487 e. The van der Waals surface area contributed by atoms with Gasteiger partial charge in [0, 0.05) is 37.8 Å². The SMILES string of the molecule is CCCc1nc(=O)c(-c2ccc3c(c2)C(OC)CC(C)(C)O3)c(C)n1Cc1ccc(-c2ccccc2C#N)cc1. The van der Waals surface area contributed by atoms with Crippen LogP contribution in [0.3, 0.4) is 0 Å². The van der Waals surface area contributed by atoms with E-state index in [1.165, 1.54) is 0 Å². The Morgan fingerprint density at radius 3 is 2.52 bits per heavy atom. The Balaban J connectivity index is 1.54. The van der Waals surface area contributed by atoms with E-state index in [4.69, 9.17) is 9.47 Å². The lowest BCUT2D eigenvalue weighted by Gasteiger charge is -2.37. The molecule has 0 fully saturated rings. The molecular weight excluding hydrogens is 498 g/mol. The minimum atomic E-state index is -0.326. The Hall–Kier alpha value is -4.21. The van der Waals surface area contributed by atoms with Crippen LogP contribution >= 0.6 is 0 Å². The largest absolute Gasteiger partial charge is 0.487 e. The summed E-state index contributed by atoms with van der Waals surface area (Å²) in [5.74, 6) is 1.57. The lowest BCUT2D eigenvalue weighted by atomic mass is 9.89. The summed E-state index contributed by atoms with van der Waals surface area (Å²) in [5, 5.41) is 9.50. The number of fused-ring (bicyclic) bond motifs is 1. The summed E-state index contributed by atoms with van der Waals surface area (Å²) in [6.45, 7) is 8.80. The molecule has 204 valence electrons. The van der Waals surface area contributed by atoms with E-state index in [9.17, 15) is 10.1 Å². The Labute approximate surface area is 235 Å². The zero-order chi connectivity index (χ0) is 28.4. The van der Waals surface area contributed by atoms with Crippen LogP contribution in [0.25, 0.3) is 22.3 Å². The number of aromatic nitrogens is 2. The third kappa shape index (κ3) is 5.30. The highest BCUT2D eigenvalue weighted by molar-refractivity contribution is 5.71. The molecule has 6 heteroatoms. The lowest BCUT2D eigenvalue weighted by Crippen LogP contribution is -2.35. The normalized spacial score (nSPS) is 15.7. The molecule has 0 bridgehead atoms. The highest BCUT2D eigenvalue weighted by Gasteiger charge is 2.34. The fourth-order valence-electron chi connectivity index (χ4n) is 5.63. The zero-order valence-electron chi connectivity index (χ0n) is 23.8. The summed E-state index contributed by atoms with van der Waals surface area (Å²) in [6.07, 6.45) is 2.21. The summed E-state index contributed by atoms with van der Waals surface area (Å²) in [6, 6.07) is 24.1. The molecule has 0 spiro atoms. The standard InChI is InChI=1S/C34H35N3O3/c1-6-9-31-36-33(38)32(25-16-17-29-28(18-25)30(39-5)19-34(3,4)40-29)22(2)37(31)21-23-12-14-24(15-13-23)27-11-8-7-10-26(27)20-35/h7-8,10-18,30H,6,9,19,21H2,1-5H3. The summed E-state index contributed by atoms with van der Waals surface area (Å²) >= 11 is 0. The number of nitriles is 1. The average Bonchev–Trinajstić information content (AvgIpc) is 2.94. The molecule has 0 amide bonds. The van der Waals surface area contributed by atoms with Gasteiger partial charge in [0.1, 0.15) is 17.2 Å². The van der Waals surface area contributed by atoms with Gasteiger partial charge >= 0.3 is 0 Å². The van der Waals surface area contributed by atoms with Crippen LogP contribution < -0.4 is 10.3 Å². The van der Waals surface area contributed by atoms with Gasteiger partial charge in [0.15, 0.2) is 0 Å². The van der Waals surface area contributed by atoms with Gasteiger partial charge in [-0.15, -0.1) is 0 Å². The molecule has 0 radical (unpaired) electrons. The van der Waals surface area contributed by atoms with Crippen molar-refractivity contribution in [1.82, 2.24) is 9.55 Å². The molecule has 5 rings (SSSR count). The molecule has 1 aromatic heterocycles. The third-order valence-corrected chi connectivity index (χ3v) is 7.64. The van der Waals surface area contributed by atoms with Crippen molar-refractivity contribution in [1.29, 1.82) is 5.26 Å². The second-order valence-electron chi connectivity index (χ2n) is 11.0. The molecule has 0 saturated carbocycles. The number of ether oxygens (including phenoxy) is 2. The molecule has 1 atom stereocenters. The monoisotopic (exact) mass is 533 g/mol. The van der Waals surface area contributed by atoms with Crippen LogP contribution in [0, 0.1) is 18.3 Å². The van der Waals surface area contributed by atoms with E-state index in [0.717, 1.165) is 57.9 Å². The molecule has 6 nitrogen and oxygen atoms in total. The van der Waals surface area contributed by atoms with E-state index in [1.807, 2.05) is 61.5 Å². The van der Waals surface area contributed by atoms with Crippen molar-refractivity contribution >= 4 is 0 Å². The van der Waals surface area contributed by atoms with Crippen LogP contribution in [0.4, 0.5) is 0 Å². The molecule has 3 aromatic carbocycles. The maximum atomic E-state index is 13.4. The summed E-state index contributed by atoms with van der Waals surface area (Å²) in [5.41, 5.74) is 6.37. The van der Waals surface area contributed by atoms with E-state index in [2.05, 4.69) is 48.5 Å². The van der Waals surface area contributed by atoms with E-state index in [1.54, 1.807) is 7.11 Å². The number of hydrogen-bond acceptors (Lipinski definition) is 5. The number of benzene rings is 3. The first-order chi connectivity index (χ1) is 19.2. The molecule has 1 aliphatic rings. The average molecular weight is 534 g/mol. The van der Waals surface area contributed by atoms with Gasteiger partial charge in [-0.25, -0.2) is 0 Å². The Bertz CT molecular complexity index is 1650. The number of aryl methyl sites for hydroxylation is 1. The predicted octanol–water partition coefficient (Wildman–Crippen LogP) is 7.01. The van der Waals surface area contributed by atoms with Crippen LogP contribution in [0.1, 0.15) is 67.9 Å². The molecule has 0 saturated heterocycles. The second kappa shape index (κ2) is 11.1. The van der Waals surface area contributed by atoms with Gasteiger partial charge in [0.2, 0.25) is 0 Å². The second-order valence-corrected chi connectivity index (χ2v) is 11.0. The van der Waals surface area contributed by atoms with Gasteiger partial charge in [0.05, 0.1) is 23.3 Å². The highest BCUT2D eigenvalue weighted by Crippen LogP contribution is 2.42. The van der Waals surface area contributed by atoms with Crippen LogP contribution in [0.5, 0.6) is 5.75 Å². The van der Waals surface area contributed by atoms with Crippen molar-refractivity contribution in [2.24, 2.45) is 0 Å². The van der Waals surface area contributed by atoms with Gasteiger partial charge in [-0.1, -0.05) is 55.5 Å². The fourth-order valence-corrected chi connectivity index (χ4v) is 5.63. The number of nitrogens with zero attached hydrogens (tertiary/aromatic N) is 3. The van der Waals surface area contributed by atoms with E-state index in [-0.39, 0.29) is 17.3 Å². The van der Waals surface area contributed by atoms with Gasteiger partial charge in [0.25, 0.3) is 5.56 Å². The lowest BCUT2D eigenvalue weighted by molar-refractivity contribution is -0.0108. The zero-order valence-corrected chi connectivity index (χ0v) is 23.8. The maximum Gasteiger partial charge on any atom is 0.281 e. The van der Waals surface area contributed by atoms with Crippen LogP contribution in [0.2, 0.25) is 0 Å². The molecule has 1 aliphatic heterocycles. The van der Waals surface area contributed by atoms with Crippen molar-refractivity contribution in [3.8, 4) is 34.1 Å². The van der Waals surface area contributed by atoms with Crippen LogP contribution in [-0.2, 0) is 17.7 Å². The van der Waals surface area contributed by atoms with Crippen LogP contribution in [0.15, 0.2) is 71.5 Å². The molecule has 1 unspecified atom stereocenters. The molecule has 40 heavy (non-hydrogen) atoms. The molecular formula is C34H35N3O3. The Morgan fingerprint density at radius 1 is 1.10 bits per heavy atom. The topological polar surface area (TPSA) is 77.1 Å². The quantitative estimate of drug-likeness (QED) is 0.255. The minimum absolute atomic E-state index is 0.113. The summed E-state index contributed by atoms with van der Waals surface area (Å²) in [7, 11) is 1.71. The van der Waals surface area contributed by atoms with E-state index < -0.39 is 0 Å². The van der Waals surface area contributed by atoms with Crippen LogP contribution in [-0.4, -0.2) is 22.3 Å². The first-order valence-corrected chi connectivity index (χ1v) is 13.8. The van der Waals surface area contributed by atoms with Gasteiger partial charge in [-0.3, -0.25) is 4.79 Å². The number of methoxy groups -OCH3 is 1. The van der Waals surface area contributed by atoms with Crippen molar-refractivity contribution in [3.05, 3.63) is 105 Å². The maximum absolute atomic E-state index is 13.4. The van der Waals surface area contributed by atoms with Gasteiger partial charge in [-0.05, 0) is 67.6 Å². The summed E-state index contributed by atoms with van der Waals surface area (Å²) in [4.78, 5) is 18.0. The number of rotatable bonds is 7. The first kappa shape index (κ1) is 27.4. The molecule has 0 N–H and O–H groups in total. The molecule has 0 aliphatic carbocycles. The third-order valence-electron chi connectivity index (χ3n) is 7.64. The van der Waals surface area contributed by atoms with Crippen molar-refractivity contribution in [3.63, 3.8) is 0 Å². The van der Waals surface area contributed by atoms with Crippen molar-refractivity contribution < 1.29 is 9.47 Å². The highest BCUT2D eigenvalue weighted by atomic mass is 16.5. The van der Waals surface area contributed by atoms with E-state index in [0.29, 0.717) is 24.1 Å². The molecule has 2 heterocycles. The summed E-state index contributed by atoms with van der Waals surface area (Å²) < 4.78 is 14.2. The van der Waals surface area contributed by atoms with Gasteiger partial charge in [-0.2, -0.15) is 10.2 Å². The van der Waals surface area contributed by atoms with Crippen molar-refractivity contribution in [2.75, 3.05) is 7.11 Å². The van der Waals surface area contributed by atoms with E-state index >= 15 is 0 Å². The predicted molar refractivity (Wildman–Crippen MR) is 157 cm³/mol. The first-order valence-electron chi connectivity index (χ1n) is 13.8. The number of hydrogen-bond donors (Lipinski definition) is 0. The smallest absolute Gasteiger partial charge is 0.281 e. The Kier molecular flexibility index (Phi) is 7.60. The van der Waals surface area contributed by atoms with Crippen molar-refractivity contribution in [2.45, 2.75) is 65.2 Å². The van der Waals surface area contributed by atoms with Gasteiger partial charge < -0.3 is 14.0 Å². The Morgan fingerprint density at radius 2 is 1.82 bits per heavy atom. The molecule has 4 aromatic rings.